The average Bonchev–Trinajstić information content (AvgIpc) is 2.26. The molecule has 6 heteroatoms. The fourth-order valence-electron chi connectivity index (χ4n) is 1.59. The van der Waals surface area contributed by atoms with Gasteiger partial charge in [0.05, 0.1) is 11.3 Å². The minimum absolute atomic E-state index is 0.0778. The molecule has 0 heterocycles. The van der Waals surface area contributed by atoms with Gasteiger partial charge in [0.1, 0.15) is 17.0 Å². The van der Waals surface area contributed by atoms with Crippen LogP contribution in [0.15, 0.2) is 18.2 Å². The number of amides is 1. The average molecular weight is 309 g/mol. The second-order valence-electron chi connectivity index (χ2n) is 6.86. The molecule has 0 bridgehead atoms. The van der Waals surface area contributed by atoms with E-state index in [1.165, 1.54) is 18.2 Å². The Hall–Kier alpha value is -2.24. The number of anilines is 1. The number of ether oxygens (including phenoxy) is 2. The van der Waals surface area contributed by atoms with Crippen molar-refractivity contribution in [1.82, 2.24) is 0 Å². The minimum atomic E-state index is -1.07. The molecule has 0 saturated carbocycles. The van der Waals surface area contributed by atoms with Crippen molar-refractivity contribution in [2.75, 3.05) is 5.32 Å². The lowest BCUT2D eigenvalue weighted by Crippen LogP contribution is -2.28. The molecule has 0 aromatic heterocycles. The largest absolute Gasteiger partial charge is 0.486 e. The second-order valence-corrected chi connectivity index (χ2v) is 6.86. The Morgan fingerprint density at radius 1 is 1.05 bits per heavy atom. The normalized spacial score (nSPS) is 11.7. The summed E-state index contributed by atoms with van der Waals surface area (Å²) < 4.78 is 10.9. The molecule has 1 aromatic carbocycles. The fraction of sp³-hybridized carbons (Fsp3) is 0.500. The van der Waals surface area contributed by atoms with Crippen LogP contribution in [-0.4, -0.2) is 28.4 Å². The summed E-state index contributed by atoms with van der Waals surface area (Å²) in [7, 11) is 0. The number of carboxylic acid groups (broad SMARTS) is 1. The Morgan fingerprint density at radius 3 is 2.09 bits per heavy atom. The summed E-state index contributed by atoms with van der Waals surface area (Å²) in [6, 6.07) is 4.25. The first-order chi connectivity index (χ1) is 9.87. The predicted octanol–water partition coefficient (Wildman–Crippen LogP) is 3.91. The molecule has 0 unspecified atom stereocenters. The summed E-state index contributed by atoms with van der Waals surface area (Å²) in [5.41, 5.74) is -0.736. The highest BCUT2D eigenvalue weighted by Crippen LogP contribution is 2.30. The number of hydrogen-bond donors (Lipinski definition) is 2. The zero-order valence-electron chi connectivity index (χ0n) is 13.8. The van der Waals surface area contributed by atoms with E-state index in [-0.39, 0.29) is 11.3 Å². The van der Waals surface area contributed by atoms with Crippen LogP contribution in [0.4, 0.5) is 10.5 Å². The Morgan fingerprint density at radius 2 is 1.64 bits per heavy atom. The van der Waals surface area contributed by atoms with Gasteiger partial charge in [0.25, 0.3) is 0 Å². The molecule has 1 rings (SSSR count). The van der Waals surface area contributed by atoms with Crippen molar-refractivity contribution in [2.24, 2.45) is 0 Å². The van der Waals surface area contributed by atoms with E-state index >= 15 is 0 Å². The molecule has 0 saturated heterocycles. The van der Waals surface area contributed by atoms with Gasteiger partial charge in [-0.3, -0.25) is 5.32 Å². The lowest BCUT2D eigenvalue weighted by Gasteiger charge is -2.24. The maximum absolute atomic E-state index is 11.9. The number of carbonyl (C=O) groups excluding carboxylic acids is 1. The Balaban J connectivity index is 3.07. The highest BCUT2D eigenvalue weighted by molar-refractivity contribution is 5.92. The van der Waals surface area contributed by atoms with E-state index in [9.17, 15) is 9.59 Å². The summed E-state index contributed by atoms with van der Waals surface area (Å²) in [4.78, 5) is 22.9. The molecule has 1 amide bonds. The van der Waals surface area contributed by atoms with Crippen molar-refractivity contribution >= 4 is 17.7 Å². The third-order valence-electron chi connectivity index (χ3n) is 2.28. The summed E-state index contributed by atoms with van der Waals surface area (Å²) in [5.74, 6) is -0.791. The second kappa shape index (κ2) is 6.25. The third-order valence-corrected chi connectivity index (χ3v) is 2.28. The number of carbonyl (C=O) groups is 2. The molecule has 2 N–H and O–H groups in total. The molecule has 0 radical (unpaired) electrons. The fourth-order valence-corrected chi connectivity index (χ4v) is 1.59. The van der Waals surface area contributed by atoms with Crippen molar-refractivity contribution in [3.05, 3.63) is 23.8 Å². The Kier molecular flexibility index (Phi) is 5.06. The topological polar surface area (TPSA) is 84.9 Å². The Labute approximate surface area is 130 Å². The molecule has 6 nitrogen and oxygen atoms in total. The van der Waals surface area contributed by atoms with Gasteiger partial charge >= 0.3 is 12.1 Å². The Bertz CT molecular complexity index is 567. The number of hydrogen-bond acceptors (Lipinski definition) is 4. The molecule has 0 spiro atoms. The van der Waals surface area contributed by atoms with Gasteiger partial charge in [-0.2, -0.15) is 0 Å². The molecule has 122 valence electrons. The van der Waals surface area contributed by atoms with Crippen LogP contribution in [0, 0.1) is 0 Å². The molecular formula is C16H23NO5. The van der Waals surface area contributed by atoms with E-state index in [0.717, 1.165) is 0 Å². The monoisotopic (exact) mass is 309 g/mol. The van der Waals surface area contributed by atoms with Crippen molar-refractivity contribution in [3.63, 3.8) is 0 Å². The molecule has 0 atom stereocenters. The van der Waals surface area contributed by atoms with E-state index in [4.69, 9.17) is 14.6 Å². The number of benzene rings is 1. The van der Waals surface area contributed by atoms with Crippen LogP contribution < -0.4 is 10.1 Å². The van der Waals surface area contributed by atoms with Gasteiger partial charge in [-0.15, -0.1) is 0 Å². The van der Waals surface area contributed by atoms with Gasteiger partial charge in [-0.05, 0) is 59.7 Å². The molecule has 1 aromatic rings. The van der Waals surface area contributed by atoms with Crippen molar-refractivity contribution in [2.45, 2.75) is 52.7 Å². The van der Waals surface area contributed by atoms with Crippen LogP contribution in [0.3, 0.4) is 0 Å². The van der Waals surface area contributed by atoms with Gasteiger partial charge in [-0.1, -0.05) is 0 Å². The summed E-state index contributed by atoms with van der Waals surface area (Å²) in [6.07, 6.45) is -0.630. The van der Waals surface area contributed by atoms with Gasteiger partial charge < -0.3 is 14.6 Å². The standard InChI is InChI=1S/C16H23NO5/c1-15(2,3)21-12-9-10(13(18)19)7-8-11(12)17-14(20)22-16(4,5)6/h7-9H,1-6H3,(H,17,20)(H,18,19). The van der Waals surface area contributed by atoms with Crippen LogP contribution in [0.25, 0.3) is 0 Å². The van der Waals surface area contributed by atoms with E-state index < -0.39 is 23.3 Å². The first-order valence-corrected chi connectivity index (χ1v) is 6.94. The van der Waals surface area contributed by atoms with Crippen molar-refractivity contribution < 1.29 is 24.2 Å². The van der Waals surface area contributed by atoms with Gasteiger partial charge in [0, 0.05) is 0 Å². The third kappa shape index (κ3) is 6.03. The molecular weight excluding hydrogens is 286 g/mol. The predicted molar refractivity (Wildman–Crippen MR) is 83.6 cm³/mol. The molecule has 0 aliphatic carbocycles. The van der Waals surface area contributed by atoms with E-state index in [1.54, 1.807) is 20.8 Å². The number of carboxylic acids is 1. The van der Waals surface area contributed by atoms with Crippen molar-refractivity contribution in [1.29, 1.82) is 0 Å². The van der Waals surface area contributed by atoms with Crippen LogP contribution in [0.1, 0.15) is 51.9 Å². The number of nitrogens with one attached hydrogen (secondary N) is 1. The first kappa shape index (κ1) is 17.8. The maximum Gasteiger partial charge on any atom is 0.412 e. The van der Waals surface area contributed by atoms with E-state index in [2.05, 4.69) is 5.32 Å². The molecule has 22 heavy (non-hydrogen) atoms. The highest BCUT2D eigenvalue weighted by atomic mass is 16.6. The first-order valence-electron chi connectivity index (χ1n) is 6.94. The molecule has 0 aliphatic heterocycles. The summed E-state index contributed by atoms with van der Waals surface area (Å²) >= 11 is 0. The molecule has 0 fully saturated rings. The quantitative estimate of drug-likeness (QED) is 0.884. The van der Waals surface area contributed by atoms with E-state index in [1.807, 2.05) is 20.8 Å². The summed E-state index contributed by atoms with van der Waals surface area (Å²) in [5, 5.41) is 11.6. The smallest absolute Gasteiger partial charge is 0.412 e. The van der Waals surface area contributed by atoms with Crippen LogP contribution in [-0.2, 0) is 4.74 Å². The SMILES string of the molecule is CC(C)(C)OC(=O)Nc1ccc(C(=O)O)cc1OC(C)(C)C. The zero-order chi connectivity index (χ0) is 17.1. The highest BCUT2D eigenvalue weighted by Gasteiger charge is 2.20. The molecule has 0 aliphatic rings. The van der Waals surface area contributed by atoms with Gasteiger partial charge in [0.2, 0.25) is 0 Å². The van der Waals surface area contributed by atoms with Crippen LogP contribution >= 0.6 is 0 Å². The van der Waals surface area contributed by atoms with Crippen LogP contribution in [0.5, 0.6) is 5.75 Å². The number of aromatic carboxylic acids is 1. The lowest BCUT2D eigenvalue weighted by molar-refractivity contribution is 0.0632. The van der Waals surface area contributed by atoms with E-state index in [0.29, 0.717) is 5.69 Å². The number of rotatable bonds is 3. The van der Waals surface area contributed by atoms with Crippen LogP contribution in [0.2, 0.25) is 0 Å². The minimum Gasteiger partial charge on any atom is -0.486 e. The summed E-state index contributed by atoms with van der Waals surface area (Å²) in [6.45, 7) is 10.8. The van der Waals surface area contributed by atoms with Gasteiger partial charge in [0.15, 0.2) is 0 Å². The van der Waals surface area contributed by atoms with Gasteiger partial charge in [-0.25, -0.2) is 9.59 Å². The zero-order valence-corrected chi connectivity index (χ0v) is 13.8. The van der Waals surface area contributed by atoms with Crippen molar-refractivity contribution in [3.8, 4) is 5.75 Å². The maximum atomic E-state index is 11.9. The lowest BCUT2D eigenvalue weighted by atomic mass is 10.1.